The van der Waals surface area contributed by atoms with Crippen molar-refractivity contribution in [2.24, 2.45) is 0 Å². The topological polar surface area (TPSA) is 16.4 Å². The van der Waals surface area contributed by atoms with E-state index in [1.54, 1.807) is 0 Å². The summed E-state index contributed by atoms with van der Waals surface area (Å²) >= 11 is 0. The van der Waals surface area contributed by atoms with Gasteiger partial charge in [-0.25, -0.2) is 0 Å². The second-order valence-corrected chi connectivity index (χ2v) is 20.7. The van der Waals surface area contributed by atoms with Crippen molar-refractivity contribution in [1.29, 1.82) is 0 Å². The van der Waals surface area contributed by atoms with E-state index in [0.717, 1.165) is 51.8 Å². The minimum Gasteiger partial charge on any atom is -0.454 e. The van der Waals surface area contributed by atoms with Crippen LogP contribution in [0.1, 0.15) is 124 Å². The number of hydrogen-bond donors (Lipinski definition) is 0. The Bertz CT molecular complexity index is 2750. The van der Waals surface area contributed by atoms with Gasteiger partial charge < -0.3 is 9.32 Å². The molecule has 8 rings (SSSR count). The van der Waals surface area contributed by atoms with Crippen LogP contribution in [0.15, 0.2) is 126 Å². The Kier molecular flexibility index (Phi) is 9.66. The molecule has 1 aromatic heterocycles. The maximum Gasteiger partial charge on any atom is 0.159 e. The van der Waals surface area contributed by atoms with Crippen LogP contribution in [0.3, 0.4) is 0 Å². The molecule has 1 aliphatic carbocycles. The van der Waals surface area contributed by atoms with Crippen LogP contribution in [-0.4, -0.2) is 0 Å². The summed E-state index contributed by atoms with van der Waals surface area (Å²) in [4.78, 5) is 2.50. The highest BCUT2D eigenvalue weighted by molar-refractivity contribution is 6.10. The quantitative estimate of drug-likeness (QED) is 0.174. The Morgan fingerprint density at radius 3 is 1.64 bits per heavy atom. The maximum absolute atomic E-state index is 6.84. The van der Waals surface area contributed by atoms with Gasteiger partial charge in [-0.3, -0.25) is 0 Å². The van der Waals surface area contributed by atoms with Crippen molar-refractivity contribution in [3.05, 3.63) is 160 Å². The first-order valence-electron chi connectivity index (χ1n) is 21.2. The molecule has 2 heteroatoms. The highest BCUT2D eigenvalue weighted by Gasteiger charge is 2.28. The van der Waals surface area contributed by atoms with Crippen LogP contribution in [0, 0.1) is 0 Å². The number of nitrogens with zero attached hydrogens (tertiary/aromatic N) is 1. The summed E-state index contributed by atoms with van der Waals surface area (Å²) in [7, 11) is 0. The van der Waals surface area contributed by atoms with E-state index in [9.17, 15) is 0 Å². The van der Waals surface area contributed by atoms with Crippen molar-refractivity contribution in [3.8, 4) is 11.1 Å². The van der Waals surface area contributed by atoms with E-state index in [2.05, 4.69) is 215 Å². The fraction of sp³-hybridized carbons (Fsp3) is 0.321. The lowest BCUT2D eigenvalue weighted by Gasteiger charge is -2.32. The SMILES string of the molecule is CC(C)(C)c1cc(-c2cccc3c2=C(c2ccccc2N(c2cc(C(C)(C)C)cc(C(C)(C)C)c2)c2cccc4c2oc2ccccc24)CCC=3)cc(C(C)(C)C)c1. The van der Waals surface area contributed by atoms with E-state index in [-0.39, 0.29) is 21.7 Å². The van der Waals surface area contributed by atoms with Gasteiger partial charge in [0.05, 0.1) is 11.4 Å². The Morgan fingerprint density at radius 2 is 1.00 bits per heavy atom. The monoisotopic (exact) mass is 763 g/mol. The zero-order chi connectivity index (χ0) is 41.4. The number of benzene rings is 6. The van der Waals surface area contributed by atoms with Gasteiger partial charge in [0.1, 0.15) is 5.58 Å². The molecule has 1 aliphatic rings. The molecular formula is C56H61NO. The molecular weight excluding hydrogens is 703 g/mol. The average molecular weight is 764 g/mol. The minimum atomic E-state index is -0.0537. The zero-order valence-corrected chi connectivity index (χ0v) is 36.9. The van der Waals surface area contributed by atoms with E-state index in [1.165, 1.54) is 55.0 Å². The van der Waals surface area contributed by atoms with Gasteiger partial charge in [-0.2, -0.15) is 0 Å². The van der Waals surface area contributed by atoms with E-state index in [0.29, 0.717) is 0 Å². The Balaban J connectivity index is 1.48. The zero-order valence-electron chi connectivity index (χ0n) is 36.9. The van der Waals surface area contributed by atoms with E-state index in [4.69, 9.17) is 4.42 Å². The Morgan fingerprint density at radius 1 is 0.483 bits per heavy atom. The molecule has 58 heavy (non-hydrogen) atoms. The third-order valence-corrected chi connectivity index (χ3v) is 12.1. The van der Waals surface area contributed by atoms with Crippen LogP contribution in [-0.2, 0) is 21.7 Å². The number of rotatable bonds is 5. The highest BCUT2D eigenvalue weighted by atomic mass is 16.3. The van der Waals surface area contributed by atoms with Gasteiger partial charge in [-0.1, -0.05) is 180 Å². The van der Waals surface area contributed by atoms with Gasteiger partial charge in [0.2, 0.25) is 0 Å². The summed E-state index contributed by atoms with van der Waals surface area (Å²) in [5, 5.41) is 4.91. The predicted octanol–water partition coefficient (Wildman–Crippen LogP) is 14.7. The molecule has 0 amide bonds. The molecule has 1 heterocycles. The third-order valence-electron chi connectivity index (χ3n) is 12.1. The van der Waals surface area contributed by atoms with Crippen LogP contribution in [0.25, 0.3) is 44.7 Å². The second kappa shape index (κ2) is 14.2. The molecule has 0 saturated heterocycles. The normalized spacial score (nSPS) is 13.8. The lowest BCUT2D eigenvalue weighted by Crippen LogP contribution is -2.32. The molecule has 0 aliphatic heterocycles. The van der Waals surface area contributed by atoms with E-state index >= 15 is 0 Å². The number of furan rings is 1. The van der Waals surface area contributed by atoms with Gasteiger partial charge in [-0.05, 0) is 114 Å². The standard InChI is InChI=1S/C56H61NO/c1-53(2,3)38-30-37(31-39(32-38)54(4,5)6)43-24-17-20-36-21-18-25-46(51(36)43)44-22-13-15-27-48(44)57(42-34-40(55(7,8)9)33-41(35-42)56(10,11)12)49-28-19-26-47-45-23-14-16-29-50(45)58-52(47)49/h13-17,19-24,26-35H,18,25H2,1-12H3. The Labute approximate surface area is 346 Å². The van der Waals surface area contributed by atoms with Crippen molar-refractivity contribution in [2.75, 3.05) is 4.90 Å². The van der Waals surface area contributed by atoms with Crippen LogP contribution < -0.4 is 15.3 Å². The third kappa shape index (κ3) is 7.32. The van der Waals surface area contributed by atoms with Crippen molar-refractivity contribution in [2.45, 2.75) is 118 Å². The summed E-state index contributed by atoms with van der Waals surface area (Å²) in [6, 6.07) is 45.6. The number of anilines is 3. The Hall–Kier alpha value is -5.34. The van der Waals surface area contributed by atoms with Gasteiger partial charge in [0, 0.05) is 22.0 Å². The molecule has 0 unspecified atom stereocenters. The molecule has 7 aromatic rings. The van der Waals surface area contributed by atoms with Gasteiger partial charge in [0.25, 0.3) is 0 Å². The fourth-order valence-electron chi connectivity index (χ4n) is 8.58. The highest BCUT2D eigenvalue weighted by Crippen LogP contribution is 2.46. The molecule has 296 valence electrons. The van der Waals surface area contributed by atoms with Crippen molar-refractivity contribution < 1.29 is 4.42 Å². The van der Waals surface area contributed by atoms with E-state index in [1.807, 2.05) is 0 Å². The molecule has 0 saturated carbocycles. The van der Waals surface area contributed by atoms with Gasteiger partial charge in [0.15, 0.2) is 5.58 Å². The summed E-state index contributed by atoms with van der Waals surface area (Å²) in [5.41, 5.74) is 15.6. The minimum absolute atomic E-state index is 0.0157. The number of hydrogen-bond acceptors (Lipinski definition) is 2. The average Bonchev–Trinajstić information content (AvgIpc) is 3.56. The van der Waals surface area contributed by atoms with Crippen molar-refractivity contribution in [3.63, 3.8) is 0 Å². The van der Waals surface area contributed by atoms with Gasteiger partial charge >= 0.3 is 0 Å². The maximum atomic E-state index is 6.84. The number of fused-ring (bicyclic) bond motifs is 4. The molecule has 0 fully saturated rings. The fourth-order valence-corrected chi connectivity index (χ4v) is 8.58. The molecule has 6 aromatic carbocycles. The summed E-state index contributed by atoms with van der Waals surface area (Å²) in [6.45, 7) is 27.9. The van der Waals surface area contributed by atoms with Crippen LogP contribution in [0.5, 0.6) is 0 Å². The summed E-state index contributed by atoms with van der Waals surface area (Å²) in [6.07, 6.45) is 4.38. The van der Waals surface area contributed by atoms with Crippen LogP contribution in [0.2, 0.25) is 0 Å². The van der Waals surface area contributed by atoms with Gasteiger partial charge in [-0.15, -0.1) is 0 Å². The molecule has 0 bridgehead atoms. The lowest BCUT2D eigenvalue weighted by molar-refractivity contribution is 0.568. The predicted molar refractivity (Wildman–Crippen MR) is 251 cm³/mol. The first kappa shape index (κ1) is 39.5. The smallest absolute Gasteiger partial charge is 0.159 e. The van der Waals surface area contributed by atoms with Crippen LogP contribution >= 0.6 is 0 Å². The molecule has 2 nitrogen and oxygen atoms in total. The lowest BCUT2D eigenvalue weighted by atomic mass is 9.78. The second-order valence-electron chi connectivity index (χ2n) is 20.7. The first-order valence-corrected chi connectivity index (χ1v) is 21.2. The van der Waals surface area contributed by atoms with Crippen molar-refractivity contribution in [1.82, 2.24) is 0 Å². The molecule has 0 N–H and O–H groups in total. The first-order chi connectivity index (χ1) is 27.3. The summed E-state index contributed by atoms with van der Waals surface area (Å²) < 4.78 is 6.84. The largest absolute Gasteiger partial charge is 0.454 e. The number of para-hydroxylation sites is 3. The van der Waals surface area contributed by atoms with Crippen molar-refractivity contribution >= 4 is 50.6 Å². The van der Waals surface area contributed by atoms with Crippen LogP contribution in [0.4, 0.5) is 17.1 Å². The molecule has 0 radical (unpaired) electrons. The summed E-state index contributed by atoms with van der Waals surface area (Å²) in [5.74, 6) is 0. The molecule has 0 spiro atoms. The molecule has 0 atom stereocenters. The van der Waals surface area contributed by atoms with E-state index < -0.39 is 0 Å².